The maximum atomic E-state index is 6.10. The first kappa shape index (κ1) is 11.7. The Morgan fingerprint density at radius 3 is 2.71 bits per heavy atom. The zero-order valence-electron chi connectivity index (χ0n) is 10.0. The molecule has 0 aliphatic rings. The predicted octanol–water partition coefficient (Wildman–Crippen LogP) is 2.42. The highest BCUT2D eigenvalue weighted by Gasteiger charge is 2.06. The summed E-state index contributed by atoms with van der Waals surface area (Å²) in [6.07, 6.45) is 6.99. The molecule has 0 radical (unpaired) electrons. The largest absolute Gasteiger partial charge is 0.324 e. The summed E-state index contributed by atoms with van der Waals surface area (Å²) in [6, 6.07) is 8.54. The molecule has 0 saturated heterocycles. The van der Waals surface area contributed by atoms with Crippen molar-refractivity contribution in [2.75, 3.05) is 0 Å². The molecule has 1 aromatic carbocycles. The lowest BCUT2D eigenvalue weighted by molar-refractivity contribution is 0.645. The number of nitrogens with two attached hydrogens (primary N) is 1. The molecule has 3 nitrogen and oxygen atoms in total. The fraction of sp³-hybridized carbons (Fsp3) is 0.286. The normalized spacial score (nSPS) is 12.4. The molecule has 17 heavy (non-hydrogen) atoms. The summed E-state index contributed by atoms with van der Waals surface area (Å²) in [4.78, 5) is 7.97. The smallest absolute Gasteiger partial charge is 0.115 e. The van der Waals surface area contributed by atoms with Crippen LogP contribution in [0, 0.1) is 6.92 Å². The molecule has 88 valence electrons. The standard InChI is InChI=1S/C14H17N3/c1-11-3-2-4-12(7-11)5-6-14(15)13-8-16-10-17-9-13/h2-4,7-10,14H,5-6,15H2,1H3. The Hall–Kier alpha value is -1.74. The Morgan fingerprint density at radius 2 is 2.00 bits per heavy atom. The van der Waals surface area contributed by atoms with Gasteiger partial charge in [0.15, 0.2) is 0 Å². The third-order valence-electron chi connectivity index (χ3n) is 2.84. The molecule has 1 heterocycles. The van der Waals surface area contributed by atoms with Gasteiger partial charge in [0.1, 0.15) is 6.33 Å². The highest BCUT2D eigenvalue weighted by atomic mass is 14.8. The summed E-state index contributed by atoms with van der Waals surface area (Å²) in [5, 5.41) is 0. The van der Waals surface area contributed by atoms with E-state index >= 15 is 0 Å². The Bertz CT molecular complexity index is 468. The van der Waals surface area contributed by atoms with Crippen molar-refractivity contribution in [1.29, 1.82) is 0 Å². The second-order valence-corrected chi connectivity index (χ2v) is 4.31. The highest BCUT2D eigenvalue weighted by Crippen LogP contribution is 2.15. The van der Waals surface area contributed by atoms with Gasteiger partial charge in [0.25, 0.3) is 0 Å². The Morgan fingerprint density at radius 1 is 1.24 bits per heavy atom. The summed E-state index contributed by atoms with van der Waals surface area (Å²) < 4.78 is 0. The van der Waals surface area contributed by atoms with Crippen LogP contribution in [-0.4, -0.2) is 9.97 Å². The van der Waals surface area contributed by atoms with Gasteiger partial charge in [-0.25, -0.2) is 9.97 Å². The third kappa shape index (κ3) is 3.36. The molecule has 0 fully saturated rings. The van der Waals surface area contributed by atoms with Crippen LogP contribution in [0.3, 0.4) is 0 Å². The van der Waals surface area contributed by atoms with Crippen molar-refractivity contribution in [1.82, 2.24) is 9.97 Å². The van der Waals surface area contributed by atoms with Crippen molar-refractivity contribution in [2.45, 2.75) is 25.8 Å². The van der Waals surface area contributed by atoms with Crippen molar-refractivity contribution >= 4 is 0 Å². The van der Waals surface area contributed by atoms with Crippen molar-refractivity contribution < 1.29 is 0 Å². The lowest BCUT2D eigenvalue weighted by Crippen LogP contribution is -2.11. The van der Waals surface area contributed by atoms with Crippen LogP contribution in [-0.2, 0) is 6.42 Å². The number of aromatic nitrogens is 2. The van der Waals surface area contributed by atoms with E-state index in [-0.39, 0.29) is 6.04 Å². The molecule has 0 amide bonds. The average molecular weight is 227 g/mol. The van der Waals surface area contributed by atoms with Gasteiger partial charge in [-0.1, -0.05) is 29.8 Å². The lowest BCUT2D eigenvalue weighted by atomic mass is 10.0. The second kappa shape index (κ2) is 5.55. The van der Waals surface area contributed by atoms with E-state index in [0.29, 0.717) is 0 Å². The van der Waals surface area contributed by atoms with E-state index in [4.69, 9.17) is 5.73 Å². The Labute approximate surface area is 102 Å². The third-order valence-corrected chi connectivity index (χ3v) is 2.84. The van der Waals surface area contributed by atoms with Gasteiger partial charge in [-0.3, -0.25) is 0 Å². The van der Waals surface area contributed by atoms with Crippen molar-refractivity contribution in [3.05, 3.63) is 59.7 Å². The monoisotopic (exact) mass is 227 g/mol. The molecular weight excluding hydrogens is 210 g/mol. The number of benzene rings is 1. The maximum absolute atomic E-state index is 6.10. The van der Waals surface area contributed by atoms with E-state index in [1.54, 1.807) is 12.4 Å². The first-order valence-electron chi connectivity index (χ1n) is 5.82. The number of aryl methyl sites for hydroxylation is 2. The van der Waals surface area contributed by atoms with Gasteiger partial charge < -0.3 is 5.73 Å². The molecule has 0 bridgehead atoms. The SMILES string of the molecule is Cc1cccc(CCC(N)c2cncnc2)c1. The topological polar surface area (TPSA) is 51.8 Å². The van der Waals surface area contributed by atoms with Crippen LogP contribution in [0.2, 0.25) is 0 Å². The van der Waals surface area contributed by atoms with Crippen LogP contribution >= 0.6 is 0 Å². The lowest BCUT2D eigenvalue weighted by Gasteiger charge is -2.11. The molecule has 2 aromatic rings. The Balaban J connectivity index is 1.95. The molecule has 0 spiro atoms. The van der Waals surface area contributed by atoms with Gasteiger partial charge in [0.05, 0.1) is 0 Å². The van der Waals surface area contributed by atoms with E-state index in [1.807, 2.05) is 0 Å². The molecule has 2 N–H and O–H groups in total. The molecule has 3 heteroatoms. The molecule has 0 saturated carbocycles. The molecular formula is C14H17N3. The van der Waals surface area contributed by atoms with Crippen LogP contribution in [0.5, 0.6) is 0 Å². The van der Waals surface area contributed by atoms with E-state index in [0.717, 1.165) is 18.4 Å². The van der Waals surface area contributed by atoms with E-state index in [2.05, 4.69) is 41.2 Å². The van der Waals surface area contributed by atoms with Crippen LogP contribution < -0.4 is 5.73 Å². The highest BCUT2D eigenvalue weighted by molar-refractivity contribution is 5.22. The van der Waals surface area contributed by atoms with Gasteiger partial charge in [-0.15, -0.1) is 0 Å². The summed E-state index contributed by atoms with van der Waals surface area (Å²) >= 11 is 0. The van der Waals surface area contributed by atoms with Gasteiger partial charge in [0.2, 0.25) is 0 Å². The summed E-state index contributed by atoms with van der Waals surface area (Å²) in [5.41, 5.74) is 9.72. The first-order chi connectivity index (χ1) is 8.25. The van der Waals surface area contributed by atoms with Gasteiger partial charge >= 0.3 is 0 Å². The molecule has 0 aliphatic carbocycles. The zero-order valence-corrected chi connectivity index (χ0v) is 10.0. The molecule has 2 rings (SSSR count). The quantitative estimate of drug-likeness (QED) is 0.872. The minimum atomic E-state index is 0.0108. The van der Waals surface area contributed by atoms with Gasteiger partial charge in [0, 0.05) is 24.0 Å². The molecule has 1 atom stereocenters. The minimum Gasteiger partial charge on any atom is -0.324 e. The molecule has 0 aliphatic heterocycles. The number of hydrogen-bond donors (Lipinski definition) is 1. The predicted molar refractivity (Wildman–Crippen MR) is 68.5 cm³/mol. The summed E-state index contributed by atoms with van der Waals surface area (Å²) in [7, 11) is 0. The fourth-order valence-corrected chi connectivity index (χ4v) is 1.86. The van der Waals surface area contributed by atoms with E-state index in [1.165, 1.54) is 17.5 Å². The maximum Gasteiger partial charge on any atom is 0.115 e. The van der Waals surface area contributed by atoms with Gasteiger partial charge in [-0.05, 0) is 25.3 Å². The fourth-order valence-electron chi connectivity index (χ4n) is 1.86. The van der Waals surface area contributed by atoms with E-state index in [9.17, 15) is 0 Å². The van der Waals surface area contributed by atoms with Crippen LogP contribution in [0.25, 0.3) is 0 Å². The number of nitrogens with zero attached hydrogens (tertiary/aromatic N) is 2. The average Bonchev–Trinajstić information content (AvgIpc) is 2.37. The van der Waals surface area contributed by atoms with Crippen LogP contribution in [0.4, 0.5) is 0 Å². The second-order valence-electron chi connectivity index (χ2n) is 4.31. The first-order valence-corrected chi connectivity index (χ1v) is 5.82. The summed E-state index contributed by atoms with van der Waals surface area (Å²) in [5.74, 6) is 0. The number of hydrogen-bond acceptors (Lipinski definition) is 3. The van der Waals surface area contributed by atoms with Crippen LogP contribution in [0.15, 0.2) is 43.0 Å². The van der Waals surface area contributed by atoms with Crippen molar-refractivity contribution in [2.24, 2.45) is 5.73 Å². The number of rotatable bonds is 4. The minimum absolute atomic E-state index is 0.0108. The zero-order chi connectivity index (χ0) is 12.1. The van der Waals surface area contributed by atoms with Crippen molar-refractivity contribution in [3.8, 4) is 0 Å². The van der Waals surface area contributed by atoms with Crippen molar-refractivity contribution in [3.63, 3.8) is 0 Å². The summed E-state index contributed by atoms with van der Waals surface area (Å²) in [6.45, 7) is 2.11. The molecule has 1 aromatic heterocycles. The Kier molecular flexibility index (Phi) is 3.83. The molecule has 1 unspecified atom stereocenters. The van der Waals surface area contributed by atoms with E-state index < -0.39 is 0 Å². The van der Waals surface area contributed by atoms with Gasteiger partial charge in [-0.2, -0.15) is 0 Å². The van der Waals surface area contributed by atoms with Crippen LogP contribution in [0.1, 0.15) is 29.2 Å².